The van der Waals surface area contributed by atoms with E-state index >= 15 is 0 Å². The van der Waals surface area contributed by atoms with Crippen LogP contribution in [0.3, 0.4) is 0 Å². The molecule has 1 amide bonds. The molecule has 1 unspecified atom stereocenters. The third-order valence-electron chi connectivity index (χ3n) is 3.71. The molecule has 1 aliphatic heterocycles. The maximum absolute atomic E-state index is 11.9. The predicted molar refractivity (Wildman–Crippen MR) is 69.0 cm³/mol. The molecular formula is C13H24N2O3. The Kier molecular flexibility index (Phi) is 6.12. The Bertz CT molecular complexity index is 286. The van der Waals surface area contributed by atoms with Gasteiger partial charge in [0.15, 0.2) is 0 Å². The number of nitrogens with zero attached hydrogens (tertiary/aromatic N) is 1. The zero-order chi connectivity index (χ0) is 13.5. The van der Waals surface area contributed by atoms with E-state index in [1.54, 1.807) is 4.90 Å². The molecule has 0 saturated carbocycles. The van der Waals surface area contributed by atoms with Gasteiger partial charge in [-0.1, -0.05) is 6.92 Å². The molecule has 0 spiro atoms. The molecule has 5 heteroatoms. The molecule has 1 fully saturated rings. The van der Waals surface area contributed by atoms with Crippen molar-refractivity contribution < 1.29 is 14.7 Å². The second kappa shape index (κ2) is 7.36. The molecule has 104 valence electrons. The van der Waals surface area contributed by atoms with E-state index < -0.39 is 5.97 Å². The topological polar surface area (TPSA) is 83.6 Å². The van der Waals surface area contributed by atoms with Crippen LogP contribution in [0.5, 0.6) is 0 Å². The van der Waals surface area contributed by atoms with Gasteiger partial charge in [-0.2, -0.15) is 0 Å². The van der Waals surface area contributed by atoms with Crippen molar-refractivity contribution in [3.63, 3.8) is 0 Å². The Morgan fingerprint density at radius 2 is 1.94 bits per heavy atom. The lowest BCUT2D eigenvalue weighted by Gasteiger charge is -2.30. The van der Waals surface area contributed by atoms with Gasteiger partial charge < -0.3 is 15.7 Å². The second-order valence-corrected chi connectivity index (χ2v) is 5.21. The molecule has 1 aliphatic rings. The fourth-order valence-electron chi connectivity index (χ4n) is 2.33. The Labute approximate surface area is 108 Å². The SMILES string of the molecule is CC(CCN)CCC(=O)N1CCC(C(=O)O)CC1. The van der Waals surface area contributed by atoms with E-state index in [1.807, 2.05) is 0 Å². The Hall–Kier alpha value is -1.10. The number of carboxylic acid groups (broad SMARTS) is 1. The van der Waals surface area contributed by atoms with Gasteiger partial charge in [0.25, 0.3) is 0 Å². The van der Waals surface area contributed by atoms with Crippen molar-refractivity contribution in [3.8, 4) is 0 Å². The quantitative estimate of drug-likeness (QED) is 0.744. The maximum Gasteiger partial charge on any atom is 0.306 e. The number of carboxylic acids is 1. The largest absolute Gasteiger partial charge is 0.481 e. The smallest absolute Gasteiger partial charge is 0.306 e. The van der Waals surface area contributed by atoms with Gasteiger partial charge in [0.2, 0.25) is 5.91 Å². The van der Waals surface area contributed by atoms with Gasteiger partial charge in [-0.25, -0.2) is 0 Å². The van der Waals surface area contributed by atoms with Crippen LogP contribution in [-0.2, 0) is 9.59 Å². The number of carbonyl (C=O) groups is 2. The lowest BCUT2D eigenvalue weighted by Crippen LogP contribution is -2.40. The minimum Gasteiger partial charge on any atom is -0.481 e. The Morgan fingerprint density at radius 1 is 1.33 bits per heavy atom. The first-order valence-corrected chi connectivity index (χ1v) is 6.75. The molecule has 0 aromatic heterocycles. The van der Waals surface area contributed by atoms with Crippen molar-refractivity contribution in [2.75, 3.05) is 19.6 Å². The van der Waals surface area contributed by atoms with Gasteiger partial charge in [-0.05, 0) is 38.1 Å². The number of carbonyl (C=O) groups excluding carboxylic acids is 1. The van der Waals surface area contributed by atoms with Crippen LogP contribution in [0.2, 0.25) is 0 Å². The number of amides is 1. The molecule has 1 rings (SSSR count). The number of aliphatic carboxylic acids is 1. The highest BCUT2D eigenvalue weighted by Gasteiger charge is 2.26. The number of hydrogen-bond acceptors (Lipinski definition) is 3. The van der Waals surface area contributed by atoms with Crippen molar-refractivity contribution in [1.82, 2.24) is 4.90 Å². The van der Waals surface area contributed by atoms with E-state index in [0.717, 1.165) is 12.8 Å². The van der Waals surface area contributed by atoms with Crippen molar-refractivity contribution in [1.29, 1.82) is 0 Å². The summed E-state index contributed by atoms with van der Waals surface area (Å²) < 4.78 is 0. The molecular weight excluding hydrogens is 232 g/mol. The summed E-state index contributed by atoms with van der Waals surface area (Å²) in [7, 11) is 0. The molecule has 18 heavy (non-hydrogen) atoms. The first-order chi connectivity index (χ1) is 8.54. The van der Waals surface area contributed by atoms with Crippen LogP contribution in [0, 0.1) is 11.8 Å². The van der Waals surface area contributed by atoms with E-state index in [0.29, 0.717) is 44.8 Å². The highest BCUT2D eigenvalue weighted by Crippen LogP contribution is 2.19. The van der Waals surface area contributed by atoms with E-state index in [-0.39, 0.29) is 11.8 Å². The summed E-state index contributed by atoms with van der Waals surface area (Å²) >= 11 is 0. The van der Waals surface area contributed by atoms with Gasteiger partial charge in [0, 0.05) is 19.5 Å². The third-order valence-corrected chi connectivity index (χ3v) is 3.71. The fourth-order valence-corrected chi connectivity index (χ4v) is 2.33. The fraction of sp³-hybridized carbons (Fsp3) is 0.846. The van der Waals surface area contributed by atoms with E-state index in [1.165, 1.54) is 0 Å². The molecule has 3 N–H and O–H groups in total. The number of piperidine rings is 1. The summed E-state index contributed by atoms with van der Waals surface area (Å²) in [6.07, 6.45) is 3.54. The molecule has 0 radical (unpaired) electrons. The molecule has 0 aromatic rings. The first-order valence-electron chi connectivity index (χ1n) is 6.75. The van der Waals surface area contributed by atoms with Crippen LogP contribution in [-0.4, -0.2) is 41.5 Å². The van der Waals surface area contributed by atoms with Crippen LogP contribution in [0.4, 0.5) is 0 Å². The lowest BCUT2D eigenvalue weighted by molar-refractivity contribution is -0.145. The molecule has 5 nitrogen and oxygen atoms in total. The predicted octanol–water partition coefficient (Wildman–Crippen LogP) is 1.07. The van der Waals surface area contributed by atoms with Crippen molar-refractivity contribution in [2.24, 2.45) is 17.6 Å². The summed E-state index contributed by atoms with van der Waals surface area (Å²) in [6, 6.07) is 0. The Morgan fingerprint density at radius 3 is 2.44 bits per heavy atom. The number of nitrogens with two attached hydrogens (primary N) is 1. The summed E-state index contributed by atoms with van der Waals surface area (Å²) in [5.74, 6) is -0.373. The zero-order valence-electron chi connectivity index (χ0n) is 11.1. The molecule has 1 atom stereocenters. The third kappa shape index (κ3) is 4.64. The summed E-state index contributed by atoms with van der Waals surface area (Å²) in [6.45, 7) is 3.94. The molecule has 0 aromatic carbocycles. The Balaban J connectivity index is 2.25. The van der Waals surface area contributed by atoms with E-state index in [9.17, 15) is 9.59 Å². The number of likely N-dealkylation sites (tertiary alicyclic amines) is 1. The second-order valence-electron chi connectivity index (χ2n) is 5.21. The number of hydrogen-bond donors (Lipinski definition) is 2. The first kappa shape index (κ1) is 15.0. The molecule has 0 aliphatic carbocycles. The normalized spacial score (nSPS) is 18.7. The van der Waals surface area contributed by atoms with Gasteiger partial charge in [-0.3, -0.25) is 9.59 Å². The summed E-state index contributed by atoms with van der Waals surface area (Å²) in [5.41, 5.74) is 5.47. The summed E-state index contributed by atoms with van der Waals surface area (Å²) in [4.78, 5) is 24.5. The van der Waals surface area contributed by atoms with Crippen LogP contribution in [0.15, 0.2) is 0 Å². The number of rotatable bonds is 6. The van der Waals surface area contributed by atoms with Crippen LogP contribution in [0.1, 0.15) is 39.0 Å². The van der Waals surface area contributed by atoms with Crippen LogP contribution in [0.25, 0.3) is 0 Å². The molecule has 0 bridgehead atoms. The molecule has 1 heterocycles. The summed E-state index contributed by atoms with van der Waals surface area (Å²) in [5, 5.41) is 8.88. The van der Waals surface area contributed by atoms with Gasteiger partial charge in [0.1, 0.15) is 0 Å². The van der Waals surface area contributed by atoms with Gasteiger partial charge in [0.05, 0.1) is 5.92 Å². The molecule has 1 saturated heterocycles. The van der Waals surface area contributed by atoms with Crippen molar-refractivity contribution in [2.45, 2.75) is 39.0 Å². The highest BCUT2D eigenvalue weighted by atomic mass is 16.4. The lowest BCUT2D eigenvalue weighted by atomic mass is 9.96. The minimum atomic E-state index is -0.737. The maximum atomic E-state index is 11.9. The minimum absolute atomic E-state index is 0.155. The van der Waals surface area contributed by atoms with Gasteiger partial charge >= 0.3 is 5.97 Å². The van der Waals surface area contributed by atoms with Crippen molar-refractivity contribution >= 4 is 11.9 Å². The standard InChI is InChI=1S/C13H24N2O3/c1-10(4-7-14)2-3-12(16)15-8-5-11(6-9-15)13(17)18/h10-11H,2-9,14H2,1H3,(H,17,18). The average Bonchev–Trinajstić information content (AvgIpc) is 2.36. The van der Waals surface area contributed by atoms with Crippen LogP contribution >= 0.6 is 0 Å². The van der Waals surface area contributed by atoms with Crippen LogP contribution < -0.4 is 5.73 Å². The van der Waals surface area contributed by atoms with Crippen molar-refractivity contribution in [3.05, 3.63) is 0 Å². The average molecular weight is 256 g/mol. The van der Waals surface area contributed by atoms with E-state index in [4.69, 9.17) is 10.8 Å². The monoisotopic (exact) mass is 256 g/mol. The highest BCUT2D eigenvalue weighted by molar-refractivity contribution is 5.77. The zero-order valence-corrected chi connectivity index (χ0v) is 11.1. The van der Waals surface area contributed by atoms with Gasteiger partial charge in [-0.15, -0.1) is 0 Å². The van der Waals surface area contributed by atoms with E-state index in [2.05, 4.69) is 6.92 Å².